The van der Waals surface area contributed by atoms with Crippen LogP contribution in [0.5, 0.6) is 0 Å². The molecule has 2 heterocycles. The molecule has 1 N–H and O–H groups in total. The number of pyridine rings is 1. The number of aromatic nitrogens is 1. The van der Waals surface area contributed by atoms with Crippen LogP contribution in [0.1, 0.15) is 10.4 Å². The molecule has 20 heavy (non-hydrogen) atoms. The highest BCUT2D eigenvalue weighted by Crippen LogP contribution is 2.34. The molecule has 0 unspecified atom stereocenters. The van der Waals surface area contributed by atoms with E-state index in [2.05, 4.69) is 36.8 Å². The predicted octanol–water partition coefficient (Wildman–Crippen LogP) is 5.19. The van der Waals surface area contributed by atoms with Crippen LogP contribution in [0.25, 0.3) is 21.5 Å². The zero-order valence-electron chi connectivity index (χ0n) is 9.93. The van der Waals surface area contributed by atoms with E-state index in [0.29, 0.717) is 16.6 Å². The van der Waals surface area contributed by atoms with Crippen LogP contribution in [0.4, 0.5) is 0 Å². The Morgan fingerprint density at radius 3 is 2.65 bits per heavy atom. The molecule has 0 bridgehead atoms. The molecule has 0 spiro atoms. The molecule has 0 atom stereocenters. The Balaban J connectivity index is 2.34. The Hall–Kier alpha value is -1.24. The fourth-order valence-corrected chi connectivity index (χ4v) is 3.91. The van der Waals surface area contributed by atoms with Gasteiger partial charge in [-0.25, -0.2) is 9.78 Å². The number of fused-ring (bicyclic) bond motifs is 1. The van der Waals surface area contributed by atoms with Crippen molar-refractivity contribution in [2.45, 2.75) is 0 Å². The lowest BCUT2D eigenvalue weighted by Gasteiger charge is -2.07. The smallest absolute Gasteiger partial charge is 0.336 e. The van der Waals surface area contributed by atoms with Gasteiger partial charge in [-0.3, -0.25) is 0 Å². The lowest BCUT2D eigenvalue weighted by Crippen LogP contribution is -2.00. The molecular formula is C14H7Br2NO2S. The van der Waals surface area contributed by atoms with Crippen LogP contribution in [-0.4, -0.2) is 16.1 Å². The van der Waals surface area contributed by atoms with Gasteiger partial charge in [0.1, 0.15) is 0 Å². The van der Waals surface area contributed by atoms with E-state index in [1.807, 2.05) is 30.3 Å². The van der Waals surface area contributed by atoms with Gasteiger partial charge in [-0.15, -0.1) is 11.3 Å². The summed E-state index contributed by atoms with van der Waals surface area (Å²) in [7, 11) is 0. The fraction of sp³-hybridized carbons (Fsp3) is 0. The first-order valence-corrected chi connectivity index (χ1v) is 8.05. The number of halogens is 2. The summed E-state index contributed by atoms with van der Waals surface area (Å²) >= 11 is 8.32. The second kappa shape index (κ2) is 5.27. The van der Waals surface area contributed by atoms with Gasteiger partial charge in [-0.1, -0.05) is 22.0 Å². The highest BCUT2D eigenvalue weighted by atomic mass is 79.9. The summed E-state index contributed by atoms with van der Waals surface area (Å²) in [6.45, 7) is 0. The summed E-state index contributed by atoms with van der Waals surface area (Å²) in [5.41, 5.74) is 1.59. The molecule has 0 aliphatic rings. The quantitative estimate of drug-likeness (QED) is 0.630. The predicted molar refractivity (Wildman–Crippen MR) is 87.4 cm³/mol. The largest absolute Gasteiger partial charge is 0.478 e. The number of hydrogen-bond acceptors (Lipinski definition) is 3. The lowest BCUT2D eigenvalue weighted by atomic mass is 10.1. The number of benzene rings is 1. The Labute approximate surface area is 135 Å². The molecule has 3 aromatic rings. The van der Waals surface area contributed by atoms with E-state index in [1.54, 1.807) is 6.07 Å². The van der Waals surface area contributed by atoms with Crippen molar-refractivity contribution < 1.29 is 9.90 Å². The van der Waals surface area contributed by atoms with Crippen LogP contribution < -0.4 is 0 Å². The lowest BCUT2D eigenvalue weighted by molar-refractivity contribution is 0.0699. The third-order valence-electron chi connectivity index (χ3n) is 2.84. The molecule has 0 radical (unpaired) electrons. The van der Waals surface area contributed by atoms with E-state index >= 15 is 0 Å². The Morgan fingerprint density at radius 1 is 1.20 bits per heavy atom. The van der Waals surface area contributed by atoms with Gasteiger partial charge in [0.2, 0.25) is 0 Å². The number of nitrogens with zero attached hydrogens (tertiary/aromatic N) is 1. The van der Waals surface area contributed by atoms with Gasteiger partial charge in [0.15, 0.2) is 0 Å². The van der Waals surface area contributed by atoms with E-state index in [9.17, 15) is 9.90 Å². The SMILES string of the molecule is O=C(O)c1cc(-c2ccc(Br)s2)nc2cccc(Br)c12. The molecule has 0 fully saturated rings. The number of hydrogen-bond donors (Lipinski definition) is 1. The number of carboxylic acids is 1. The van der Waals surface area contributed by atoms with Gasteiger partial charge in [0.05, 0.1) is 25.4 Å². The number of aromatic carboxylic acids is 1. The molecule has 0 saturated carbocycles. The number of carboxylic acid groups (broad SMARTS) is 1. The molecule has 0 amide bonds. The summed E-state index contributed by atoms with van der Waals surface area (Å²) in [4.78, 5) is 17.0. The average Bonchev–Trinajstić information content (AvgIpc) is 2.84. The fourth-order valence-electron chi connectivity index (χ4n) is 1.99. The minimum Gasteiger partial charge on any atom is -0.478 e. The van der Waals surface area contributed by atoms with Crippen LogP contribution in [0.15, 0.2) is 44.7 Å². The summed E-state index contributed by atoms with van der Waals surface area (Å²) in [5, 5.41) is 10.1. The summed E-state index contributed by atoms with van der Waals surface area (Å²) < 4.78 is 1.72. The molecule has 2 aromatic heterocycles. The van der Waals surface area contributed by atoms with Crippen LogP contribution >= 0.6 is 43.2 Å². The van der Waals surface area contributed by atoms with Crippen molar-refractivity contribution in [3.05, 3.63) is 50.2 Å². The van der Waals surface area contributed by atoms with E-state index in [-0.39, 0.29) is 5.56 Å². The minimum atomic E-state index is -0.957. The maximum Gasteiger partial charge on any atom is 0.336 e. The highest BCUT2D eigenvalue weighted by Gasteiger charge is 2.15. The minimum absolute atomic E-state index is 0.252. The van der Waals surface area contributed by atoms with Crippen molar-refractivity contribution in [3.63, 3.8) is 0 Å². The molecule has 0 aliphatic carbocycles. The van der Waals surface area contributed by atoms with Crippen LogP contribution in [0.2, 0.25) is 0 Å². The van der Waals surface area contributed by atoms with Gasteiger partial charge >= 0.3 is 5.97 Å². The van der Waals surface area contributed by atoms with Gasteiger partial charge in [0.25, 0.3) is 0 Å². The van der Waals surface area contributed by atoms with Crippen molar-refractivity contribution in [1.82, 2.24) is 4.98 Å². The zero-order chi connectivity index (χ0) is 14.3. The second-order valence-electron chi connectivity index (χ2n) is 4.10. The van der Waals surface area contributed by atoms with E-state index in [0.717, 1.165) is 13.1 Å². The molecule has 3 nitrogen and oxygen atoms in total. The van der Waals surface area contributed by atoms with Crippen molar-refractivity contribution in [2.75, 3.05) is 0 Å². The van der Waals surface area contributed by atoms with Crippen LogP contribution in [0, 0.1) is 0 Å². The zero-order valence-corrected chi connectivity index (χ0v) is 13.9. The van der Waals surface area contributed by atoms with Crippen molar-refractivity contribution in [1.29, 1.82) is 0 Å². The average molecular weight is 413 g/mol. The molecule has 3 rings (SSSR count). The molecule has 6 heteroatoms. The third-order valence-corrected chi connectivity index (χ3v) is 5.15. The second-order valence-corrected chi connectivity index (χ2v) is 7.42. The normalized spacial score (nSPS) is 10.9. The molecule has 1 aromatic carbocycles. The summed E-state index contributed by atoms with van der Waals surface area (Å²) in [6.07, 6.45) is 0. The standard InChI is InChI=1S/C14H7Br2NO2S/c15-8-2-1-3-9-13(8)7(14(18)19)6-10(17-9)11-4-5-12(16)20-11/h1-6H,(H,18,19). The van der Waals surface area contributed by atoms with Gasteiger partial charge < -0.3 is 5.11 Å². The van der Waals surface area contributed by atoms with E-state index in [4.69, 9.17) is 0 Å². The maximum atomic E-state index is 11.5. The van der Waals surface area contributed by atoms with E-state index < -0.39 is 5.97 Å². The van der Waals surface area contributed by atoms with Gasteiger partial charge in [-0.05, 0) is 46.3 Å². The molecule has 0 saturated heterocycles. The van der Waals surface area contributed by atoms with Crippen molar-refractivity contribution in [3.8, 4) is 10.6 Å². The topological polar surface area (TPSA) is 50.2 Å². The van der Waals surface area contributed by atoms with Gasteiger partial charge in [0, 0.05) is 9.86 Å². The highest BCUT2D eigenvalue weighted by molar-refractivity contribution is 9.11. The first kappa shape index (κ1) is 13.7. The number of thiophene rings is 1. The van der Waals surface area contributed by atoms with E-state index in [1.165, 1.54) is 11.3 Å². The summed E-state index contributed by atoms with van der Waals surface area (Å²) in [5.74, 6) is -0.957. The maximum absolute atomic E-state index is 11.5. The Bertz CT molecular complexity index is 829. The van der Waals surface area contributed by atoms with Crippen LogP contribution in [0.3, 0.4) is 0 Å². The molecular weight excluding hydrogens is 406 g/mol. The Kier molecular flexibility index (Phi) is 3.62. The first-order valence-electron chi connectivity index (χ1n) is 5.64. The van der Waals surface area contributed by atoms with Gasteiger partial charge in [-0.2, -0.15) is 0 Å². The third kappa shape index (κ3) is 2.39. The van der Waals surface area contributed by atoms with Crippen molar-refractivity contribution in [2.24, 2.45) is 0 Å². The molecule has 0 aliphatic heterocycles. The molecule has 100 valence electrons. The Morgan fingerprint density at radius 2 is 2.00 bits per heavy atom. The number of rotatable bonds is 2. The van der Waals surface area contributed by atoms with Crippen molar-refractivity contribution >= 4 is 60.1 Å². The summed E-state index contributed by atoms with van der Waals surface area (Å²) in [6, 6.07) is 10.9. The van der Waals surface area contributed by atoms with Crippen LogP contribution in [-0.2, 0) is 0 Å². The monoisotopic (exact) mass is 411 g/mol. The first-order chi connectivity index (χ1) is 9.56. The number of carbonyl (C=O) groups is 1.